The van der Waals surface area contributed by atoms with E-state index >= 15 is 0 Å². The first-order valence-electron chi connectivity index (χ1n) is 8.84. The van der Waals surface area contributed by atoms with Crippen molar-refractivity contribution in [2.75, 3.05) is 6.61 Å². The Kier molecular flexibility index (Phi) is 5.23. The molecule has 0 unspecified atom stereocenters. The molecule has 2 aliphatic rings. The Bertz CT molecular complexity index is 449. The maximum absolute atomic E-state index is 10.7. The molecule has 0 aromatic carbocycles. The van der Waals surface area contributed by atoms with Gasteiger partial charge in [-0.25, -0.2) is 0 Å². The lowest BCUT2D eigenvalue weighted by atomic mass is 9.46. The standard InChI is InChI=1S/C20H34O2/c1-14(9-12-21)7-8-16-15(2)13-17(22)18-19(3,4)10-6-11-20(16,18)5/h9,16-18,21-22H,2,6-8,10-13H2,1,3-5H3/b14-9+/t16-,17-,18+,20+/m0/s1. The van der Waals surface area contributed by atoms with Crippen LogP contribution in [0, 0.1) is 22.7 Å². The summed E-state index contributed by atoms with van der Waals surface area (Å²) in [5.41, 5.74) is 2.87. The van der Waals surface area contributed by atoms with Gasteiger partial charge in [-0.1, -0.05) is 51.0 Å². The summed E-state index contributed by atoms with van der Waals surface area (Å²) in [6.45, 7) is 13.6. The van der Waals surface area contributed by atoms with Crippen molar-refractivity contribution in [3.63, 3.8) is 0 Å². The van der Waals surface area contributed by atoms with Crippen LogP contribution in [0.3, 0.4) is 0 Å². The number of rotatable bonds is 4. The first-order valence-corrected chi connectivity index (χ1v) is 8.84. The van der Waals surface area contributed by atoms with Crippen molar-refractivity contribution in [1.82, 2.24) is 0 Å². The van der Waals surface area contributed by atoms with Gasteiger partial charge in [0.15, 0.2) is 0 Å². The molecule has 0 aromatic rings. The van der Waals surface area contributed by atoms with E-state index in [-0.39, 0.29) is 23.5 Å². The van der Waals surface area contributed by atoms with Gasteiger partial charge in [0.2, 0.25) is 0 Å². The molecule has 0 radical (unpaired) electrons. The van der Waals surface area contributed by atoms with Crippen LogP contribution >= 0.6 is 0 Å². The largest absolute Gasteiger partial charge is 0.392 e. The van der Waals surface area contributed by atoms with Gasteiger partial charge in [0, 0.05) is 0 Å². The lowest BCUT2D eigenvalue weighted by Gasteiger charge is -2.59. The average Bonchev–Trinajstić information content (AvgIpc) is 2.36. The molecule has 126 valence electrons. The molecule has 22 heavy (non-hydrogen) atoms. The summed E-state index contributed by atoms with van der Waals surface area (Å²) >= 11 is 0. The van der Waals surface area contributed by atoms with Gasteiger partial charge in [0.1, 0.15) is 0 Å². The maximum Gasteiger partial charge on any atom is 0.0615 e. The maximum atomic E-state index is 10.7. The van der Waals surface area contributed by atoms with Crippen molar-refractivity contribution < 1.29 is 10.2 Å². The molecule has 2 nitrogen and oxygen atoms in total. The minimum atomic E-state index is -0.238. The van der Waals surface area contributed by atoms with E-state index in [4.69, 9.17) is 5.11 Å². The van der Waals surface area contributed by atoms with Crippen molar-refractivity contribution in [2.45, 2.75) is 72.3 Å². The zero-order valence-corrected chi connectivity index (χ0v) is 14.9. The van der Waals surface area contributed by atoms with E-state index in [1.54, 1.807) is 0 Å². The summed E-state index contributed by atoms with van der Waals surface area (Å²) in [6, 6.07) is 0. The van der Waals surface area contributed by atoms with Crippen LogP contribution in [-0.4, -0.2) is 22.9 Å². The summed E-state index contributed by atoms with van der Waals surface area (Å²) in [5.74, 6) is 0.855. The van der Waals surface area contributed by atoms with Crippen LogP contribution in [0.15, 0.2) is 23.8 Å². The van der Waals surface area contributed by atoms with Gasteiger partial charge in [-0.15, -0.1) is 0 Å². The summed E-state index contributed by atoms with van der Waals surface area (Å²) < 4.78 is 0. The molecule has 2 N–H and O–H groups in total. The second-order valence-electron chi connectivity index (χ2n) is 8.58. The molecule has 4 atom stereocenters. The predicted octanol–water partition coefficient (Wildman–Crippen LogP) is 4.47. The van der Waals surface area contributed by atoms with Crippen LogP contribution in [0.2, 0.25) is 0 Å². The van der Waals surface area contributed by atoms with Crippen LogP contribution < -0.4 is 0 Å². The van der Waals surface area contributed by atoms with E-state index in [9.17, 15) is 5.11 Å². The normalized spacial score (nSPS) is 38.7. The first-order chi connectivity index (χ1) is 10.2. The van der Waals surface area contributed by atoms with Gasteiger partial charge in [0.25, 0.3) is 0 Å². The third kappa shape index (κ3) is 3.19. The number of hydrogen-bond donors (Lipinski definition) is 2. The smallest absolute Gasteiger partial charge is 0.0615 e. The number of allylic oxidation sites excluding steroid dienone is 1. The van der Waals surface area contributed by atoms with Crippen LogP contribution in [0.4, 0.5) is 0 Å². The zero-order chi connectivity index (χ0) is 16.5. The highest BCUT2D eigenvalue weighted by Gasteiger charge is 2.56. The van der Waals surface area contributed by atoms with Crippen molar-refractivity contribution in [3.05, 3.63) is 23.8 Å². The fourth-order valence-corrected chi connectivity index (χ4v) is 5.64. The topological polar surface area (TPSA) is 40.5 Å². The average molecular weight is 306 g/mol. The van der Waals surface area contributed by atoms with Gasteiger partial charge in [-0.2, -0.15) is 0 Å². The molecule has 2 rings (SSSR count). The molecule has 0 bridgehead atoms. The second-order valence-corrected chi connectivity index (χ2v) is 8.58. The summed E-state index contributed by atoms with van der Waals surface area (Å²) in [5, 5.41) is 19.8. The number of aliphatic hydroxyl groups is 2. The quantitative estimate of drug-likeness (QED) is 0.752. The molecule has 2 saturated carbocycles. The Balaban J connectivity index is 2.24. The van der Waals surface area contributed by atoms with Gasteiger partial charge >= 0.3 is 0 Å². The molecule has 2 aliphatic carbocycles. The minimum Gasteiger partial charge on any atom is -0.392 e. The fraction of sp³-hybridized carbons (Fsp3) is 0.800. The Labute approximate surface area is 136 Å². The first kappa shape index (κ1) is 17.7. The van der Waals surface area contributed by atoms with Crippen molar-refractivity contribution >= 4 is 0 Å². The van der Waals surface area contributed by atoms with Crippen molar-refractivity contribution in [3.8, 4) is 0 Å². The van der Waals surface area contributed by atoms with E-state index in [0.29, 0.717) is 11.8 Å². The van der Waals surface area contributed by atoms with E-state index in [0.717, 1.165) is 19.3 Å². The number of fused-ring (bicyclic) bond motifs is 1. The lowest BCUT2D eigenvalue weighted by molar-refractivity contribution is -0.121. The molecule has 0 aromatic heterocycles. The van der Waals surface area contributed by atoms with Gasteiger partial charge in [-0.3, -0.25) is 0 Å². The predicted molar refractivity (Wildman–Crippen MR) is 92.6 cm³/mol. The van der Waals surface area contributed by atoms with Gasteiger partial charge < -0.3 is 10.2 Å². The van der Waals surface area contributed by atoms with E-state index in [2.05, 4.69) is 34.3 Å². The van der Waals surface area contributed by atoms with Crippen LogP contribution in [-0.2, 0) is 0 Å². The highest BCUT2D eigenvalue weighted by atomic mass is 16.3. The van der Waals surface area contributed by atoms with Crippen molar-refractivity contribution in [1.29, 1.82) is 0 Å². The SMILES string of the molecule is C=C1C[C@H](O)[C@@H]2C(C)(C)CCC[C@]2(C)[C@H]1CC/C(C)=C/CO. The number of hydrogen-bond acceptors (Lipinski definition) is 2. The van der Waals surface area contributed by atoms with Gasteiger partial charge in [-0.05, 0) is 61.7 Å². The van der Waals surface area contributed by atoms with Crippen LogP contribution in [0.5, 0.6) is 0 Å². The molecule has 0 saturated heterocycles. The lowest BCUT2D eigenvalue weighted by Crippen LogP contribution is -2.55. The molecule has 2 heteroatoms. The third-order valence-corrected chi connectivity index (χ3v) is 6.50. The Morgan fingerprint density at radius 2 is 2.00 bits per heavy atom. The molecule has 0 spiro atoms. The van der Waals surface area contributed by atoms with E-state index < -0.39 is 0 Å². The second kappa shape index (κ2) is 6.49. The van der Waals surface area contributed by atoms with E-state index in [1.165, 1.54) is 30.4 Å². The molecular weight excluding hydrogens is 272 g/mol. The monoisotopic (exact) mass is 306 g/mol. The fourth-order valence-electron chi connectivity index (χ4n) is 5.64. The minimum absolute atomic E-state index is 0.128. The summed E-state index contributed by atoms with van der Waals surface area (Å²) in [7, 11) is 0. The third-order valence-electron chi connectivity index (χ3n) is 6.50. The zero-order valence-electron chi connectivity index (χ0n) is 14.9. The highest BCUT2D eigenvalue weighted by Crippen LogP contribution is 2.61. The van der Waals surface area contributed by atoms with Crippen molar-refractivity contribution in [2.24, 2.45) is 22.7 Å². The molecular formula is C20H34O2. The van der Waals surface area contributed by atoms with Crippen LogP contribution in [0.1, 0.15) is 66.2 Å². The summed E-state index contributed by atoms with van der Waals surface area (Å²) in [6.07, 6.45) is 8.21. The molecule has 0 heterocycles. The Hall–Kier alpha value is -0.600. The number of aliphatic hydroxyl groups excluding tert-OH is 2. The Morgan fingerprint density at radius 3 is 2.64 bits per heavy atom. The van der Waals surface area contributed by atoms with Crippen LogP contribution in [0.25, 0.3) is 0 Å². The van der Waals surface area contributed by atoms with E-state index in [1.807, 2.05) is 6.08 Å². The molecule has 0 aliphatic heterocycles. The highest BCUT2D eigenvalue weighted by molar-refractivity contribution is 5.19. The molecule has 2 fully saturated rings. The van der Waals surface area contributed by atoms with Gasteiger partial charge in [0.05, 0.1) is 12.7 Å². The molecule has 0 amide bonds. The summed E-state index contributed by atoms with van der Waals surface area (Å²) in [4.78, 5) is 0. The Morgan fingerprint density at radius 1 is 1.32 bits per heavy atom.